The van der Waals surface area contributed by atoms with Gasteiger partial charge in [0.1, 0.15) is 6.61 Å². The highest BCUT2D eigenvalue weighted by molar-refractivity contribution is 9.10. The Balaban J connectivity index is 2.18. The number of nitrogens with zero attached hydrogens (tertiary/aromatic N) is 2. The number of carbonyl (C=O) groups excluding carboxylic acids is 2. The average molecular weight is 415 g/mol. The van der Waals surface area contributed by atoms with E-state index in [9.17, 15) is 19.5 Å². The van der Waals surface area contributed by atoms with Gasteiger partial charge in [-0.2, -0.15) is 0 Å². The molecule has 2 bridgehead atoms. The lowest BCUT2D eigenvalue weighted by molar-refractivity contribution is -0.149. The molecule has 2 aliphatic rings. The minimum Gasteiger partial charge on any atom is -0.469 e. The van der Waals surface area contributed by atoms with Crippen molar-refractivity contribution >= 4 is 27.8 Å². The second-order valence-electron chi connectivity index (χ2n) is 6.16. The van der Waals surface area contributed by atoms with E-state index in [0.29, 0.717) is 10.2 Å². The maximum atomic E-state index is 12.6. The van der Waals surface area contributed by atoms with Crippen molar-refractivity contribution in [1.29, 1.82) is 0 Å². The molecule has 1 aromatic rings. The largest absolute Gasteiger partial charge is 0.469 e. The Kier molecular flexibility index (Phi) is 4.99. The first-order chi connectivity index (χ1) is 12.0. The van der Waals surface area contributed by atoms with Crippen molar-refractivity contribution in [3.8, 4) is 0 Å². The molecule has 1 aromatic heterocycles. The maximum absolute atomic E-state index is 12.6. The molecule has 1 N–H and O–H groups in total. The topological polar surface area (TPSA) is 98.1 Å². The predicted molar refractivity (Wildman–Crippen MR) is 89.7 cm³/mol. The van der Waals surface area contributed by atoms with Gasteiger partial charge in [-0.15, -0.1) is 0 Å². The van der Waals surface area contributed by atoms with Crippen LogP contribution in [0.2, 0.25) is 0 Å². The third kappa shape index (κ3) is 2.70. The molecule has 1 saturated heterocycles. The van der Waals surface area contributed by atoms with Gasteiger partial charge in [0.15, 0.2) is 0 Å². The minimum atomic E-state index is -0.741. The molecule has 0 aromatic carbocycles. The average Bonchev–Trinajstić information content (AvgIpc) is 2.85. The second-order valence-corrected chi connectivity index (χ2v) is 7.02. The van der Waals surface area contributed by atoms with E-state index in [1.54, 1.807) is 21.6 Å². The van der Waals surface area contributed by atoms with Crippen LogP contribution in [-0.2, 0) is 25.6 Å². The van der Waals surface area contributed by atoms with Gasteiger partial charge < -0.3 is 24.0 Å². The smallest absolute Gasteiger partial charge is 0.311 e. The molecule has 0 radical (unpaired) electrons. The summed E-state index contributed by atoms with van der Waals surface area (Å²) >= 11 is 3.22. The number of halogens is 1. The standard InChI is InChI=1S/C16H19BrN2O6/c1-24-7-12(21)19-11-5-18-10(4-3-9(17)15(18)22)14(19)13(8(11)6-20)16(23)25-2/h3-4,8,11,13-14,20H,5-7H2,1-2H3/t8-,11-,13+,14+/m1/s1. The van der Waals surface area contributed by atoms with E-state index in [1.807, 2.05) is 0 Å². The zero-order valence-corrected chi connectivity index (χ0v) is 15.4. The number of pyridine rings is 1. The molecular weight excluding hydrogens is 396 g/mol. The van der Waals surface area contributed by atoms with Crippen molar-refractivity contribution in [2.45, 2.75) is 18.6 Å². The number of rotatable bonds is 4. The number of amides is 1. The molecule has 0 unspecified atom stereocenters. The molecule has 0 aliphatic carbocycles. The van der Waals surface area contributed by atoms with E-state index < -0.39 is 29.9 Å². The zero-order chi connectivity index (χ0) is 18.3. The summed E-state index contributed by atoms with van der Waals surface area (Å²) in [5, 5.41) is 9.89. The number of esters is 1. The predicted octanol–water partition coefficient (Wildman–Crippen LogP) is -0.0796. The first kappa shape index (κ1) is 18.1. The third-order valence-corrected chi connectivity index (χ3v) is 5.63. The first-order valence-corrected chi connectivity index (χ1v) is 8.63. The molecule has 1 fully saturated rings. The fraction of sp³-hybridized carbons (Fsp3) is 0.562. The Labute approximate surface area is 152 Å². The summed E-state index contributed by atoms with van der Waals surface area (Å²) in [5.41, 5.74) is 0.328. The van der Waals surface area contributed by atoms with Crippen molar-refractivity contribution in [2.24, 2.45) is 11.8 Å². The molecule has 0 saturated carbocycles. The number of hydrogen-bond acceptors (Lipinski definition) is 6. The van der Waals surface area contributed by atoms with Crippen LogP contribution in [-0.4, -0.2) is 59.9 Å². The normalized spacial score (nSPS) is 27.1. The minimum absolute atomic E-state index is 0.139. The number of aromatic nitrogens is 1. The van der Waals surface area contributed by atoms with Crippen LogP contribution >= 0.6 is 15.9 Å². The maximum Gasteiger partial charge on any atom is 0.311 e. The van der Waals surface area contributed by atoms with Crippen LogP contribution < -0.4 is 5.56 Å². The lowest BCUT2D eigenvalue weighted by Crippen LogP contribution is -2.50. The highest BCUT2D eigenvalue weighted by Crippen LogP contribution is 2.48. The summed E-state index contributed by atoms with van der Waals surface area (Å²) in [6, 6.07) is 2.16. The van der Waals surface area contributed by atoms with Gasteiger partial charge in [-0.3, -0.25) is 14.4 Å². The van der Waals surface area contributed by atoms with E-state index in [0.717, 1.165) is 0 Å². The van der Waals surface area contributed by atoms with E-state index in [1.165, 1.54) is 14.2 Å². The van der Waals surface area contributed by atoms with Crippen molar-refractivity contribution in [2.75, 3.05) is 27.4 Å². The highest BCUT2D eigenvalue weighted by atomic mass is 79.9. The number of aliphatic hydroxyl groups excluding tert-OH is 1. The molecule has 0 spiro atoms. The number of hydrogen-bond donors (Lipinski definition) is 1. The summed E-state index contributed by atoms with van der Waals surface area (Å²) in [7, 11) is 2.69. The lowest BCUT2D eigenvalue weighted by atomic mass is 9.87. The summed E-state index contributed by atoms with van der Waals surface area (Å²) in [4.78, 5) is 39.1. The Morgan fingerprint density at radius 1 is 1.36 bits per heavy atom. The van der Waals surface area contributed by atoms with Crippen LogP contribution in [0.1, 0.15) is 11.7 Å². The molecule has 3 heterocycles. The Morgan fingerprint density at radius 3 is 2.68 bits per heavy atom. The molecule has 8 nitrogen and oxygen atoms in total. The fourth-order valence-corrected chi connectivity index (χ4v) is 4.37. The number of carbonyl (C=O) groups is 2. The van der Waals surface area contributed by atoms with Crippen molar-refractivity contribution in [3.63, 3.8) is 0 Å². The van der Waals surface area contributed by atoms with Crippen LogP contribution in [0.25, 0.3) is 0 Å². The first-order valence-electron chi connectivity index (χ1n) is 7.84. The Morgan fingerprint density at radius 2 is 2.08 bits per heavy atom. The van der Waals surface area contributed by atoms with Gasteiger partial charge in [-0.05, 0) is 28.1 Å². The number of fused-ring (bicyclic) bond motifs is 4. The highest BCUT2D eigenvalue weighted by Gasteiger charge is 2.57. The van der Waals surface area contributed by atoms with Crippen LogP contribution in [0.15, 0.2) is 21.4 Å². The van der Waals surface area contributed by atoms with Gasteiger partial charge in [-0.25, -0.2) is 0 Å². The molecule has 1 amide bonds. The number of aliphatic hydroxyl groups is 1. The Hall–Kier alpha value is -1.71. The van der Waals surface area contributed by atoms with Gasteiger partial charge in [-0.1, -0.05) is 0 Å². The van der Waals surface area contributed by atoms with Gasteiger partial charge in [0.05, 0.1) is 29.6 Å². The molecule has 2 aliphatic heterocycles. The van der Waals surface area contributed by atoms with Crippen LogP contribution in [0.3, 0.4) is 0 Å². The quantitative estimate of drug-likeness (QED) is 0.691. The summed E-state index contributed by atoms with van der Waals surface area (Å²) in [6.45, 7) is -0.223. The SMILES string of the molecule is COCC(=O)N1[C@@H]2Cn3c(ccc(Br)c3=O)[C@H]1[C@@H](C(=O)OC)[C@@H]2CO. The zero-order valence-electron chi connectivity index (χ0n) is 13.8. The van der Waals surface area contributed by atoms with Gasteiger partial charge in [0.2, 0.25) is 5.91 Å². The van der Waals surface area contributed by atoms with Crippen molar-refractivity contribution < 1.29 is 24.2 Å². The van der Waals surface area contributed by atoms with Crippen molar-refractivity contribution in [1.82, 2.24) is 9.47 Å². The summed E-state index contributed by atoms with van der Waals surface area (Å²) in [6.07, 6.45) is 0. The van der Waals surface area contributed by atoms with Crippen molar-refractivity contribution in [3.05, 3.63) is 32.7 Å². The van der Waals surface area contributed by atoms with Crippen LogP contribution in [0.5, 0.6) is 0 Å². The number of methoxy groups -OCH3 is 2. The number of ether oxygens (including phenoxy) is 2. The molecule has 4 atom stereocenters. The van der Waals surface area contributed by atoms with E-state index >= 15 is 0 Å². The molecule has 3 rings (SSSR count). The fourth-order valence-electron chi connectivity index (χ4n) is 4.02. The van der Waals surface area contributed by atoms with Gasteiger partial charge >= 0.3 is 5.97 Å². The van der Waals surface area contributed by atoms with Gasteiger partial charge in [0, 0.05) is 31.9 Å². The van der Waals surface area contributed by atoms with E-state index in [-0.39, 0.29) is 31.2 Å². The molecule has 25 heavy (non-hydrogen) atoms. The monoisotopic (exact) mass is 414 g/mol. The lowest BCUT2D eigenvalue weighted by Gasteiger charge is -2.38. The van der Waals surface area contributed by atoms with E-state index in [4.69, 9.17) is 9.47 Å². The van der Waals surface area contributed by atoms with Gasteiger partial charge in [0.25, 0.3) is 5.56 Å². The van der Waals surface area contributed by atoms with Crippen LogP contribution in [0.4, 0.5) is 0 Å². The second kappa shape index (κ2) is 6.89. The molecular formula is C16H19BrN2O6. The third-order valence-electron chi connectivity index (χ3n) is 5.03. The summed E-state index contributed by atoms with van der Waals surface area (Å²) in [5.74, 6) is -2.05. The molecule has 9 heteroatoms. The Bertz CT molecular complexity index is 763. The molecule has 136 valence electrons. The van der Waals surface area contributed by atoms with Crippen LogP contribution in [0, 0.1) is 11.8 Å². The van der Waals surface area contributed by atoms with E-state index in [2.05, 4.69) is 15.9 Å². The summed E-state index contributed by atoms with van der Waals surface area (Å²) < 4.78 is 11.8.